The highest BCUT2D eigenvalue weighted by Crippen LogP contribution is 2.29. The maximum absolute atomic E-state index is 12.9. The molecule has 2 N–H and O–H groups in total. The topological polar surface area (TPSA) is 114 Å². The Bertz CT molecular complexity index is 1090. The fourth-order valence-electron chi connectivity index (χ4n) is 3.25. The molecule has 1 fully saturated rings. The summed E-state index contributed by atoms with van der Waals surface area (Å²) in [4.78, 5) is 24.6. The van der Waals surface area contributed by atoms with E-state index in [0.717, 1.165) is 0 Å². The molecule has 178 valence electrons. The third-order valence-electron chi connectivity index (χ3n) is 5.03. The monoisotopic (exact) mass is 495 g/mol. The lowest BCUT2D eigenvalue weighted by Gasteiger charge is -2.26. The van der Waals surface area contributed by atoms with Gasteiger partial charge in [0.05, 0.1) is 30.9 Å². The van der Waals surface area contributed by atoms with Gasteiger partial charge < -0.3 is 20.1 Å². The Balaban J connectivity index is 1.56. The predicted molar refractivity (Wildman–Crippen MR) is 124 cm³/mol. The Morgan fingerprint density at radius 1 is 1.12 bits per heavy atom. The molecule has 0 unspecified atom stereocenters. The average molecular weight is 496 g/mol. The lowest BCUT2D eigenvalue weighted by Crippen LogP contribution is -2.40. The summed E-state index contributed by atoms with van der Waals surface area (Å²) in [5, 5.41) is 5.99. The van der Waals surface area contributed by atoms with Crippen molar-refractivity contribution in [1.82, 2.24) is 9.62 Å². The van der Waals surface area contributed by atoms with E-state index < -0.39 is 10.0 Å². The standard InChI is InChI=1S/C22H26ClN3O6S/c1-31-20-9-8-18(33(29,30)26-11-13-32-14-12-26)15-19(20)25-21(27)3-2-10-24-22(28)16-4-6-17(23)7-5-16/h4-9,15H,2-3,10-14H2,1H3,(H,24,28)(H,25,27). The van der Waals surface area contributed by atoms with Gasteiger partial charge in [0.2, 0.25) is 15.9 Å². The highest BCUT2D eigenvalue weighted by Gasteiger charge is 2.27. The van der Waals surface area contributed by atoms with Gasteiger partial charge in [-0.05, 0) is 48.9 Å². The summed E-state index contributed by atoms with van der Waals surface area (Å²) in [5.74, 6) is -0.231. The van der Waals surface area contributed by atoms with Crippen LogP contribution in [-0.2, 0) is 19.6 Å². The van der Waals surface area contributed by atoms with Crippen molar-refractivity contribution >= 4 is 39.1 Å². The van der Waals surface area contributed by atoms with Crippen molar-refractivity contribution in [1.29, 1.82) is 0 Å². The van der Waals surface area contributed by atoms with Crippen molar-refractivity contribution in [2.24, 2.45) is 0 Å². The minimum atomic E-state index is -3.71. The quantitative estimate of drug-likeness (QED) is 0.517. The molecule has 1 aliphatic heterocycles. The maximum Gasteiger partial charge on any atom is 0.251 e. The SMILES string of the molecule is COc1ccc(S(=O)(=O)N2CCOCC2)cc1NC(=O)CCCNC(=O)c1ccc(Cl)cc1. The van der Waals surface area contributed by atoms with Gasteiger partial charge >= 0.3 is 0 Å². The normalized spacial score (nSPS) is 14.5. The number of nitrogens with one attached hydrogen (secondary N) is 2. The molecule has 9 nitrogen and oxygen atoms in total. The van der Waals surface area contributed by atoms with E-state index in [1.807, 2.05) is 0 Å². The van der Waals surface area contributed by atoms with Crippen LogP contribution in [-0.4, -0.2) is 64.5 Å². The molecule has 1 aliphatic rings. The van der Waals surface area contributed by atoms with Crippen LogP contribution in [0.4, 0.5) is 5.69 Å². The van der Waals surface area contributed by atoms with Crippen molar-refractivity contribution in [3.8, 4) is 5.75 Å². The van der Waals surface area contributed by atoms with Crippen molar-refractivity contribution in [2.45, 2.75) is 17.7 Å². The van der Waals surface area contributed by atoms with E-state index >= 15 is 0 Å². The van der Waals surface area contributed by atoms with E-state index in [-0.39, 0.29) is 41.9 Å². The lowest BCUT2D eigenvalue weighted by molar-refractivity contribution is -0.116. The van der Waals surface area contributed by atoms with E-state index in [9.17, 15) is 18.0 Å². The summed E-state index contributed by atoms with van der Waals surface area (Å²) in [5.41, 5.74) is 0.744. The van der Waals surface area contributed by atoms with Gasteiger partial charge in [-0.1, -0.05) is 11.6 Å². The first-order chi connectivity index (χ1) is 15.8. The summed E-state index contributed by atoms with van der Waals surface area (Å²) >= 11 is 5.81. The van der Waals surface area contributed by atoms with Crippen LogP contribution in [0.25, 0.3) is 0 Å². The van der Waals surface area contributed by atoms with Crippen LogP contribution in [0.2, 0.25) is 5.02 Å². The lowest BCUT2D eigenvalue weighted by atomic mass is 10.2. The second-order valence-electron chi connectivity index (χ2n) is 7.29. The van der Waals surface area contributed by atoms with Crippen LogP contribution >= 0.6 is 11.6 Å². The number of carbonyl (C=O) groups is 2. The minimum absolute atomic E-state index is 0.0655. The number of hydrogen-bond donors (Lipinski definition) is 2. The summed E-state index contributed by atoms with van der Waals surface area (Å²) in [6, 6.07) is 10.9. The zero-order chi connectivity index (χ0) is 23.8. The van der Waals surface area contributed by atoms with E-state index in [0.29, 0.717) is 42.5 Å². The van der Waals surface area contributed by atoms with Crippen LogP contribution in [0, 0.1) is 0 Å². The van der Waals surface area contributed by atoms with Crippen LogP contribution in [0.5, 0.6) is 5.75 Å². The summed E-state index contributed by atoms with van der Waals surface area (Å²) in [6.45, 7) is 1.54. The number of rotatable bonds is 9. The van der Waals surface area contributed by atoms with E-state index in [2.05, 4.69) is 10.6 Å². The molecule has 0 bridgehead atoms. The van der Waals surface area contributed by atoms with E-state index in [1.165, 1.54) is 29.6 Å². The number of anilines is 1. The van der Waals surface area contributed by atoms with Gasteiger partial charge in [0.1, 0.15) is 5.75 Å². The van der Waals surface area contributed by atoms with Crippen LogP contribution < -0.4 is 15.4 Å². The first kappa shape index (κ1) is 25.0. The molecule has 3 rings (SSSR count). The number of morpholine rings is 1. The average Bonchev–Trinajstić information content (AvgIpc) is 2.82. The fourth-order valence-corrected chi connectivity index (χ4v) is 4.81. The summed E-state index contributed by atoms with van der Waals surface area (Å²) in [7, 11) is -2.28. The Morgan fingerprint density at radius 2 is 1.82 bits per heavy atom. The highest BCUT2D eigenvalue weighted by atomic mass is 35.5. The third kappa shape index (κ3) is 6.67. The molecular formula is C22H26ClN3O6S. The molecule has 2 aromatic rings. The Kier molecular flexibility index (Phi) is 8.67. The van der Waals surface area contributed by atoms with Gasteiger partial charge in [-0.2, -0.15) is 4.31 Å². The van der Waals surface area contributed by atoms with Crippen molar-refractivity contribution in [2.75, 3.05) is 45.3 Å². The third-order valence-corrected chi connectivity index (χ3v) is 7.17. The first-order valence-corrected chi connectivity index (χ1v) is 12.2. The predicted octanol–water partition coefficient (Wildman–Crippen LogP) is 2.52. The zero-order valence-corrected chi connectivity index (χ0v) is 19.7. The van der Waals surface area contributed by atoms with Gasteiger partial charge in [-0.3, -0.25) is 9.59 Å². The summed E-state index contributed by atoms with van der Waals surface area (Å²) in [6.07, 6.45) is 0.531. The van der Waals surface area contributed by atoms with Crippen molar-refractivity contribution in [3.63, 3.8) is 0 Å². The number of amides is 2. The Labute approximate surface area is 198 Å². The minimum Gasteiger partial charge on any atom is -0.495 e. The fraction of sp³-hybridized carbons (Fsp3) is 0.364. The van der Waals surface area contributed by atoms with Gasteiger partial charge in [0, 0.05) is 36.6 Å². The van der Waals surface area contributed by atoms with Crippen LogP contribution in [0.3, 0.4) is 0 Å². The molecule has 2 aromatic carbocycles. The molecule has 0 saturated carbocycles. The molecule has 0 aliphatic carbocycles. The van der Waals surface area contributed by atoms with Crippen molar-refractivity contribution in [3.05, 3.63) is 53.1 Å². The van der Waals surface area contributed by atoms with Gasteiger partial charge in [0.15, 0.2) is 0 Å². The zero-order valence-electron chi connectivity index (χ0n) is 18.2. The molecule has 0 atom stereocenters. The molecular weight excluding hydrogens is 470 g/mol. The first-order valence-electron chi connectivity index (χ1n) is 10.4. The van der Waals surface area contributed by atoms with E-state index in [1.54, 1.807) is 24.3 Å². The molecule has 1 saturated heterocycles. The number of methoxy groups -OCH3 is 1. The molecule has 2 amide bonds. The number of ether oxygens (including phenoxy) is 2. The van der Waals surface area contributed by atoms with Gasteiger partial charge in [-0.15, -0.1) is 0 Å². The van der Waals surface area contributed by atoms with Crippen LogP contribution in [0.1, 0.15) is 23.2 Å². The molecule has 0 radical (unpaired) electrons. The van der Waals surface area contributed by atoms with Crippen molar-refractivity contribution < 1.29 is 27.5 Å². The molecule has 0 aromatic heterocycles. The number of carbonyl (C=O) groups excluding carboxylic acids is 2. The summed E-state index contributed by atoms with van der Waals surface area (Å²) < 4.78 is 37.6. The number of sulfonamides is 1. The number of nitrogens with zero attached hydrogens (tertiary/aromatic N) is 1. The second kappa shape index (κ2) is 11.5. The molecule has 0 spiro atoms. The molecule has 33 heavy (non-hydrogen) atoms. The molecule has 11 heteroatoms. The highest BCUT2D eigenvalue weighted by molar-refractivity contribution is 7.89. The van der Waals surface area contributed by atoms with Gasteiger partial charge in [0.25, 0.3) is 5.91 Å². The van der Waals surface area contributed by atoms with Crippen LogP contribution in [0.15, 0.2) is 47.4 Å². The smallest absolute Gasteiger partial charge is 0.251 e. The number of hydrogen-bond acceptors (Lipinski definition) is 6. The Hall–Kier alpha value is -2.66. The Morgan fingerprint density at radius 3 is 2.48 bits per heavy atom. The van der Waals surface area contributed by atoms with E-state index in [4.69, 9.17) is 21.1 Å². The largest absolute Gasteiger partial charge is 0.495 e. The molecule has 1 heterocycles. The second-order valence-corrected chi connectivity index (χ2v) is 9.67. The number of benzene rings is 2. The number of halogens is 1. The van der Waals surface area contributed by atoms with Gasteiger partial charge in [-0.25, -0.2) is 8.42 Å². The maximum atomic E-state index is 12.9.